The Morgan fingerprint density at radius 3 is 2.48 bits per heavy atom. The molecule has 0 saturated carbocycles. The van der Waals surface area contributed by atoms with Crippen LogP contribution in [0.5, 0.6) is 5.75 Å². The highest BCUT2D eigenvalue weighted by Crippen LogP contribution is 2.31. The molecule has 0 bridgehead atoms. The summed E-state index contributed by atoms with van der Waals surface area (Å²) in [4.78, 5) is 10.6. The van der Waals surface area contributed by atoms with E-state index < -0.39 is 5.97 Å². The van der Waals surface area contributed by atoms with Crippen molar-refractivity contribution in [3.63, 3.8) is 0 Å². The first-order valence-electron chi connectivity index (χ1n) is 6.46. The van der Waals surface area contributed by atoms with Crippen LogP contribution in [0.4, 0.5) is 0 Å². The summed E-state index contributed by atoms with van der Waals surface area (Å²) < 4.78 is 16.2. The van der Waals surface area contributed by atoms with Gasteiger partial charge in [-0.25, -0.2) is 0 Å². The van der Waals surface area contributed by atoms with Crippen LogP contribution in [-0.2, 0) is 15.8 Å². The van der Waals surface area contributed by atoms with Gasteiger partial charge in [-0.2, -0.15) is 0 Å². The first kappa shape index (κ1) is 15.2. The zero-order chi connectivity index (χ0) is 15.2. The second-order valence-corrected chi connectivity index (χ2v) is 5.27. The Labute approximate surface area is 124 Å². The second-order valence-electron chi connectivity index (χ2n) is 4.57. The SMILES string of the molecule is COc1cc(CCC(=O)O)ccc1-c1ccc(P=O)cc1. The second kappa shape index (κ2) is 7.00. The summed E-state index contributed by atoms with van der Waals surface area (Å²) >= 11 is 0. The highest BCUT2D eigenvalue weighted by atomic mass is 31.1. The summed E-state index contributed by atoms with van der Waals surface area (Å²) in [6.45, 7) is 0. The predicted molar refractivity (Wildman–Crippen MR) is 81.6 cm³/mol. The van der Waals surface area contributed by atoms with Crippen molar-refractivity contribution in [2.75, 3.05) is 7.11 Å². The largest absolute Gasteiger partial charge is 0.496 e. The molecule has 5 heteroatoms. The first-order valence-corrected chi connectivity index (χ1v) is 7.28. The fourth-order valence-corrected chi connectivity index (χ4v) is 2.35. The van der Waals surface area contributed by atoms with Crippen molar-refractivity contribution in [1.82, 2.24) is 0 Å². The zero-order valence-corrected chi connectivity index (χ0v) is 12.5. The van der Waals surface area contributed by atoms with Crippen molar-refractivity contribution in [1.29, 1.82) is 0 Å². The van der Waals surface area contributed by atoms with E-state index in [0.29, 0.717) is 12.2 Å². The lowest BCUT2D eigenvalue weighted by atomic mass is 10.0. The number of aryl methyl sites for hydroxylation is 1. The van der Waals surface area contributed by atoms with Gasteiger partial charge in [0.15, 0.2) is 8.46 Å². The molecule has 0 aliphatic rings. The van der Waals surface area contributed by atoms with E-state index in [9.17, 15) is 9.36 Å². The lowest BCUT2D eigenvalue weighted by molar-refractivity contribution is -0.136. The van der Waals surface area contributed by atoms with E-state index in [1.807, 2.05) is 30.3 Å². The Kier molecular flexibility index (Phi) is 5.07. The number of ether oxygens (including phenoxy) is 1. The van der Waals surface area contributed by atoms with Crippen molar-refractivity contribution in [3.05, 3.63) is 48.0 Å². The van der Waals surface area contributed by atoms with Gasteiger partial charge in [-0.05, 0) is 35.7 Å². The number of hydrogen-bond acceptors (Lipinski definition) is 3. The van der Waals surface area contributed by atoms with Crippen LogP contribution in [0.15, 0.2) is 42.5 Å². The summed E-state index contributed by atoms with van der Waals surface area (Å²) in [5.41, 5.74) is 2.81. The number of methoxy groups -OCH3 is 1. The first-order chi connectivity index (χ1) is 10.1. The molecule has 2 aromatic carbocycles. The number of hydrogen-bond donors (Lipinski definition) is 1. The Bertz CT molecular complexity index is 650. The fourth-order valence-electron chi connectivity index (χ4n) is 2.08. The van der Waals surface area contributed by atoms with Gasteiger partial charge in [0.2, 0.25) is 0 Å². The molecule has 0 amide bonds. The lowest BCUT2D eigenvalue weighted by Gasteiger charge is -2.11. The van der Waals surface area contributed by atoms with Crippen molar-refractivity contribution in [3.8, 4) is 16.9 Å². The highest BCUT2D eigenvalue weighted by Gasteiger charge is 2.08. The maximum absolute atomic E-state index is 10.8. The normalized spacial score (nSPS) is 10.5. The topological polar surface area (TPSA) is 63.6 Å². The van der Waals surface area contributed by atoms with E-state index in [0.717, 1.165) is 22.0 Å². The van der Waals surface area contributed by atoms with E-state index in [4.69, 9.17) is 9.84 Å². The Morgan fingerprint density at radius 1 is 1.19 bits per heavy atom. The highest BCUT2D eigenvalue weighted by molar-refractivity contribution is 7.34. The average molecular weight is 302 g/mol. The third kappa shape index (κ3) is 3.89. The standard InChI is InChI=1S/C16H15O4P/c1-20-15-10-11(3-9-16(17)18)2-8-14(15)12-4-6-13(21-19)7-5-12/h2,4-8,10H,3,9H2,1H3,(H,17,18). The Hall–Kier alpha value is -2.19. The summed E-state index contributed by atoms with van der Waals surface area (Å²) in [5.74, 6) is -0.115. The van der Waals surface area contributed by atoms with Crippen molar-refractivity contribution in [2.45, 2.75) is 12.8 Å². The molecule has 1 N–H and O–H groups in total. The third-order valence-electron chi connectivity index (χ3n) is 3.18. The minimum absolute atomic E-state index is 0.00123. The van der Waals surface area contributed by atoms with Gasteiger partial charge in [0, 0.05) is 17.3 Å². The van der Waals surface area contributed by atoms with Crippen LogP contribution in [-0.4, -0.2) is 18.2 Å². The molecule has 0 aliphatic carbocycles. The molecule has 0 fully saturated rings. The van der Waals surface area contributed by atoms with Gasteiger partial charge in [-0.3, -0.25) is 9.36 Å². The number of carboxylic acid groups (broad SMARTS) is 1. The number of carboxylic acids is 1. The van der Waals surface area contributed by atoms with Gasteiger partial charge >= 0.3 is 5.97 Å². The molecule has 0 atom stereocenters. The number of rotatable bonds is 6. The maximum Gasteiger partial charge on any atom is 0.303 e. The molecule has 0 aliphatic heterocycles. The number of benzene rings is 2. The van der Waals surface area contributed by atoms with Gasteiger partial charge in [0.1, 0.15) is 5.75 Å². The molecule has 0 spiro atoms. The molecule has 2 aromatic rings. The molecule has 0 unspecified atom stereocenters. The lowest BCUT2D eigenvalue weighted by Crippen LogP contribution is -1.98. The molecular formula is C16H15O4P. The Morgan fingerprint density at radius 2 is 1.90 bits per heavy atom. The molecule has 4 nitrogen and oxygen atoms in total. The van der Waals surface area contributed by atoms with E-state index >= 15 is 0 Å². The zero-order valence-electron chi connectivity index (χ0n) is 11.6. The van der Waals surface area contributed by atoms with Crippen LogP contribution in [0.2, 0.25) is 0 Å². The molecule has 0 heterocycles. The smallest absolute Gasteiger partial charge is 0.303 e. The van der Waals surface area contributed by atoms with Crippen LogP contribution in [0, 0.1) is 0 Å². The van der Waals surface area contributed by atoms with Crippen LogP contribution in [0.25, 0.3) is 11.1 Å². The number of carbonyl (C=O) groups is 1. The van der Waals surface area contributed by atoms with Crippen LogP contribution in [0.1, 0.15) is 12.0 Å². The maximum atomic E-state index is 10.8. The van der Waals surface area contributed by atoms with Gasteiger partial charge in [0.05, 0.1) is 7.11 Å². The summed E-state index contributed by atoms with van der Waals surface area (Å²) in [5, 5.41) is 9.44. The fraction of sp³-hybridized carbons (Fsp3) is 0.188. The molecule has 21 heavy (non-hydrogen) atoms. The van der Waals surface area contributed by atoms with Crippen molar-refractivity contribution >= 4 is 19.7 Å². The van der Waals surface area contributed by atoms with Crippen LogP contribution in [0.3, 0.4) is 0 Å². The van der Waals surface area contributed by atoms with Crippen molar-refractivity contribution < 1.29 is 19.2 Å². The molecular weight excluding hydrogens is 287 g/mol. The minimum Gasteiger partial charge on any atom is -0.496 e. The molecule has 108 valence electrons. The van der Waals surface area contributed by atoms with Crippen LogP contribution < -0.4 is 10.0 Å². The summed E-state index contributed by atoms with van der Waals surface area (Å²) in [6, 6.07) is 13.0. The number of aliphatic carboxylic acids is 1. The summed E-state index contributed by atoms with van der Waals surface area (Å²) in [7, 11) is 1.59. The van der Waals surface area contributed by atoms with Crippen LogP contribution >= 0.6 is 8.46 Å². The quantitative estimate of drug-likeness (QED) is 0.832. The van der Waals surface area contributed by atoms with E-state index in [-0.39, 0.29) is 14.9 Å². The minimum atomic E-state index is -0.814. The molecule has 0 saturated heterocycles. The Balaban J connectivity index is 2.30. The monoisotopic (exact) mass is 302 g/mol. The molecule has 0 radical (unpaired) electrons. The summed E-state index contributed by atoms with van der Waals surface area (Å²) in [6.07, 6.45) is 0.569. The van der Waals surface area contributed by atoms with E-state index in [1.54, 1.807) is 19.2 Å². The molecule has 0 aromatic heterocycles. The molecule has 2 rings (SSSR count). The van der Waals surface area contributed by atoms with Gasteiger partial charge in [-0.15, -0.1) is 0 Å². The van der Waals surface area contributed by atoms with Gasteiger partial charge < -0.3 is 9.84 Å². The third-order valence-corrected chi connectivity index (χ3v) is 3.69. The van der Waals surface area contributed by atoms with Gasteiger partial charge in [0.25, 0.3) is 0 Å². The van der Waals surface area contributed by atoms with Crippen molar-refractivity contribution in [2.24, 2.45) is 0 Å². The predicted octanol–water partition coefficient (Wildman–Crippen LogP) is 3.30. The van der Waals surface area contributed by atoms with E-state index in [1.165, 1.54) is 0 Å². The van der Waals surface area contributed by atoms with E-state index in [2.05, 4.69) is 0 Å². The van der Waals surface area contributed by atoms with Gasteiger partial charge in [-0.1, -0.05) is 24.3 Å². The average Bonchev–Trinajstić information content (AvgIpc) is 2.52.